The van der Waals surface area contributed by atoms with E-state index < -0.39 is 43.6 Å². The van der Waals surface area contributed by atoms with Crippen molar-refractivity contribution in [2.45, 2.75) is 43.4 Å². The summed E-state index contributed by atoms with van der Waals surface area (Å²) >= 11 is 0. The fourth-order valence-corrected chi connectivity index (χ4v) is 5.08. The second-order valence-corrected chi connectivity index (χ2v) is 9.59. The van der Waals surface area contributed by atoms with E-state index in [1.54, 1.807) is 60.7 Å². The molecule has 1 saturated heterocycles. The van der Waals surface area contributed by atoms with E-state index in [0.717, 1.165) is 5.56 Å². The molecule has 3 nitrogen and oxygen atoms in total. The largest absolute Gasteiger partial charge is 0.405 e. The molecule has 3 atom stereocenters. The van der Waals surface area contributed by atoms with Crippen molar-refractivity contribution < 1.29 is 26.3 Å². The highest BCUT2D eigenvalue weighted by molar-refractivity contribution is 5.21. The van der Waals surface area contributed by atoms with Crippen molar-refractivity contribution >= 4 is 0 Å². The number of nitrogens with zero attached hydrogens (tertiary/aromatic N) is 2. The second-order valence-electron chi connectivity index (χ2n) is 9.59. The Morgan fingerprint density at radius 2 is 1.16 bits per heavy atom. The Morgan fingerprint density at radius 1 is 0.684 bits per heavy atom. The molecule has 3 aromatic rings. The Hall–Kier alpha value is -2.88. The van der Waals surface area contributed by atoms with Gasteiger partial charge in [-0.05, 0) is 23.1 Å². The second kappa shape index (κ2) is 12.3. The van der Waals surface area contributed by atoms with Crippen molar-refractivity contribution in [3.63, 3.8) is 0 Å². The van der Waals surface area contributed by atoms with Crippen LogP contribution in [0.4, 0.5) is 26.3 Å². The van der Waals surface area contributed by atoms with Crippen LogP contribution in [0.15, 0.2) is 91.0 Å². The van der Waals surface area contributed by atoms with Crippen LogP contribution < -0.4 is 5.32 Å². The quantitative estimate of drug-likeness (QED) is 0.328. The van der Waals surface area contributed by atoms with Crippen LogP contribution in [0.1, 0.15) is 22.7 Å². The number of hydrogen-bond acceptors (Lipinski definition) is 3. The predicted molar refractivity (Wildman–Crippen MR) is 135 cm³/mol. The summed E-state index contributed by atoms with van der Waals surface area (Å²) in [6.45, 7) is -0.770. The molecule has 38 heavy (non-hydrogen) atoms. The highest BCUT2D eigenvalue weighted by Crippen LogP contribution is 2.39. The highest BCUT2D eigenvalue weighted by Gasteiger charge is 2.56. The van der Waals surface area contributed by atoms with Crippen LogP contribution in [0.2, 0.25) is 0 Å². The van der Waals surface area contributed by atoms with Crippen LogP contribution in [-0.4, -0.2) is 60.4 Å². The topological polar surface area (TPSA) is 18.5 Å². The summed E-state index contributed by atoms with van der Waals surface area (Å²) in [6, 6.07) is 21.7. The molecule has 1 fully saturated rings. The van der Waals surface area contributed by atoms with Gasteiger partial charge < -0.3 is 5.32 Å². The van der Waals surface area contributed by atoms with Crippen molar-refractivity contribution in [3.8, 4) is 0 Å². The molecule has 1 aliphatic rings. The van der Waals surface area contributed by atoms with E-state index in [1.165, 1.54) is 4.90 Å². The number of benzene rings is 3. The van der Waals surface area contributed by atoms with Crippen molar-refractivity contribution in [2.24, 2.45) is 0 Å². The number of alkyl halides is 6. The first-order valence-corrected chi connectivity index (χ1v) is 12.6. The summed E-state index contributed by atoms with van der Waals surface area (Å²) in [5.41, 5.74) is 2.35. The third kappa shape index (κ3) is 7.36. The van der Waals surface area contributed by atoms with Gasteiger partial charge in [0.25, 0.3) is 0 Å². The number of rotatable bonds is 9. The molecule has 3 unspecified atom stereocenters. The van der Waals surface area contributed by atoms with E-state index in [-0.39, 0.29) is 19.5 Å². The minimum Gasteiger partial charge on any atom is -0.311 e. The molecule has 0 aromatic heterocycles. The van der Waals surface area contributed by atoms with Gasteiger partial charge in [0.2, 0.25) is 0 Å². The first-order chi connectivity index (χ1) is 18.1. The van der Waals surface area contributed by atoms with Crippen LogP contribution in [0.3, 0.4) is 0 Å². The molecule has 4 rings (SSSR count). The SMILES string of the molecule is FC(F)(F)C1CN(C(CNCc2ccccc2)c2ccccc2)CC(C(F)(F)F)N1CCc1ccccc1. The van der Waals surface area contributed by atoms with E-state index in [0.29, 0.717) is 22.6 Å². The van der Waals surface area contributed by atoms with E-state index in [1.807, 2.05) is 30.3 Å². The molecule has 0 saturated carbocycles. The minimum atomic E-state index is -4.82. The van der Waals surface area contributed by atoms with Gasteiger partial charge in [-0.15, -0.1) is 0 Å². The van der Waals surface area contributed by atoms with Crippen molar-refractivity contribution in [1.82, 2.24) is 15.1 Å². The minimum absolute atomic E-state index is 0.0980. The Balaban J connectivity index is 1.60. The summed E-state index contributed by atoms with van der Waals surface area (Å²) in [5.74, 6) is 0. The predicted octanol–water partition coefficient (Wildman–Crippen LogP) is 6.24. The summed E-state index contributed by atoms with van der Waals surface area (Å²) in [4.78, 5) is 1.96. The lowest BCUT2D eigenvalue weighted by molar-refractivity contribution is -0.256. The number of piperazine rings is 1. The molecule has 0 spiro atoms. The van der Waals surface area contributed by atoms with E-state index in [9.17, 15) is 26.3 Å². The van der Waals surface area contributed by atoms with Gasteiger partial charge >= 0.3 is 12.4 Å². The zero-order valence-corrected chi connectivity index (χ0v) is 20.8. The first kappa shape index (κ1) is 28.1. The van der Waals surface area contributed by atoms with Crippen LogP contribution in [0.5, 0.6) is 0 Å². The van der Waals surface area contributed by atoms with Crippen molar-refractivity contribution in [3.05, 3.63) is 108 Å². The molecule has 9 heteroatoms. The highest BCUT2D eigenvalue weighted by atomic mass is 19.4. The summed E-state index contributed by atoms with van der Waals surface area (Å²) in [5, 5.41) is 3.24. The lowest BCUT2D eigenvalue weighted by Crippen LogP contribution is -2.68. The summed E-state index contributed by atoms with van der Waals surface area (Å²) < 4.78 is 86.0. The fourth-order valence-electron chi connectivity index (χ4n) is 5.08. The first-order valence-electron chi connectivity index (χ1n) is 12.6. The smallest absolute Gasteiger partial charge is 0.311 e. The van der Waals surface area contributed by atoms with Gasteiger partial charge in [-0.25, -0.2) is 0 Å². The maximum Gasteiger partial charge on any atom is 0.405 e. The maximum atomic E-state index is 14.3. The number of halogens is 6. The Bertz CT molecular complexity index is 1080. The van der Waals surface area contributed by atoms with Crippen LogP contribution >= 0.6 is 0 Å². The molecule has 1 N–H and O–H groups in total. The summed E-state index contributed by atoms with van der Waals surface area (Å²) in [6.07, 6.45) is -9.55. The van der Waals surface area contributed by atoms with Gasteiger partial charge in [-0.1, -0.05) is 91.0 Å². The van der Waals surface area contributed by atoms with E-state index in [4.69, 9.17) is 0 Å². The van der Waals surface area contributed by atoms with Gasteiger partial charge in [0.1, 0.15) is 12.1 Å². The standard InChI is InChI=1S/C29H31F6N3/c30-28(31,32)26-20-37(21-27(29(33,34)35)38(26)17-16-22-10-4-1-5-11-22)25(24-14-8-3-9-15-24)19-36-18-23-12-6-2-7-13-23/h1-15,25-27,36H,16-21H2. The molecular formula is C29H31F6N3. The van der Waals surface area contributed by atoms with Gasteiger partial charge in [0.15, 0.2) is 0 Å². The molecule has 0 aliphatic carbocycles. The maximum absolute atomic E-state index is 14.3. The fraction of sp³-hybridized carbons (Fsp3) is 0.379. The lowest BCUT2D eigenvalue weighted by atomic mass is 9.97. The van der Waals surface area contributed by atoms with Crippen LogP contribution in [0, 0.1) is 0 Å². The summed E-state index contributed by atoms with van der Waals surface area (Å²) in [7, 11) is 0. The van der Waals surface area contributed by atoms with Gasteiger partial charge in [-0.3, -0.25) is 9.80 Å². The normalized spacial score (nSPS) is 20.4. The Labute approximate surface area is 219 Å². The van der Waals surface area contributed by atoms with Crippen molar-refractivity contribution in [1.29, 1.82) is 0 Å². The average Bonchev–Trinajstić information content (AvgIpc) is 2.90. The third-order valence-corrected chi connectivity index (χ3v) is 7.01. The van der Waals surface area contributed by atoms with Crippen LogP contribution in [-0.2, 0) is 13.0 Å². The Morgan fingerprint density at radius 3 is 1.66 bits per heavy atom. The number of nitrogens with one attached hydrogen (secondary N) is 1. The third-order valence-electron chi connectivity index (χ3n) is 7.01. The molecule has 1 aliphatic heterocycles. The molecule has 0 radical (unpaired) electrons. The van der Waals surface area contributed by atoms with Crippen molar-refractivity contribution in [2.75, 3.05) is 26.2 Å². The monoisotopic (exact) mass is 535 g/mol. The van der Waals surface area contributed by atoms with E-state index in [2.05, 4.69) is 5.32 Å². The van der Waals surface area contributed by atoms with Gasteiger partial charge in [0.05, 0.1) is 0 Å². The molecule has 1 heterocycles. The van der Waals surface area contributed by atoms with Gasteiger partial charge in [-0.2, -0.15) is 26.3 Å². The zero-order valence-electron chi connectivity index (χ0n) is 20.8. The van der Waals surface area contributed by atoms with E-state index >= 15 is 0 Å². The van der Waals surface area contributed by atoms with Crippen LogP contribution in [0.25, 0.3) is 0 Å². The molecule has 0 amide bonds. The Kier molecular flexibility index (Phi) is 9.12. The van der Waals surface area contributed by atoms with Gasteiger partial charge in [0, 0.05) is 38.8 Å². The number of hydrogen-bond donors (Lipinski definition) is 1. The molecule has 0 bridgehead atoms. The molecule has 3 aromatic carbocycles. The average molecular weight is 536 g/mol. The molecule has 204 valence electrons. The molecular weight excluding hydrogens is 504 g/mol. The lowest BCUT2D eigenvalue weighted by Gasteiger charge is -2.49. The zero-order chi connectivity index (χ0) is 27.2.